The molecule has 0 spiro atoms. The number of rotatable bonds is 7. The number of hydrogen-bond acceptors (Lipinski definition) is 7. The number of nitrogens with one attached hydrogen (secondary N) is 2. The van der Waals surface area contributed by atoms with E-state index < -0.39 is 22.5 Å². The van der Waals surface area contributed by atoms with Crippen molar-refractivity contribution in [3.05, 3.63) is 70.4 Å². The Bertz CT molecular complexity index is 1150. The van der Waals surface area contributed by atoms with Crippen LogP contribution in [-0.4, -0.2) is 21.0 Å². The van der Waals surface area contributed by atoms with Gasteiger partial charge in [-0.1, -0.05) is 18.6 Å². The van der Waals surface area contributed by atoms with Gasteiger partial charge >= 0.3 is 6.18 Å². The van der Waals surface area contributed by atoms with Crippen LogP contribution in [0, 0.1) is 10.1 Å². The minimum atomic E-state index is -4.76. The topological polar surface area (TPSA) is 102 Å². The fourth-order valence-corrected chi connectivity index (χ4v) is 3.73. The molecule has 4 rings (SSSR count). The van der Waals surface area contributed by atoms with Gasteiger partial charge in [0.1, 0.15) is 22.8 Å². The maximum atomic E-state index is 13.5. The summed E-state index contributed by atoms with van der Waals surface area (Å²) >= 11 is 0. The molecule has 0 amide bonds. The van der Waals surface area contributed by atoms with Crippen LogP contribution in [0.3, 0.4) is 0 Å². The molecule has 0 bridgehead atoms. The van der Waals surface area contributed by atoms with Gasteiger partial charge in [0, 0.05) is 18.0 Å². The van der Waals surface area contributed by atoms with Gasteiger partial charge in [0.15, 0.2) is 0 Å². The van der Waals surface area contributed by atoms with Crippen molar-refractivity contribution < 1.29 is 22.8 Å². The van der Waals surface area contributed by atoms with E-state index >= 15 is 0 Å². The van der Waals surface area contributed by atoms with E-state index in [4.69, 9.17) is 4.74 Å². The zero-order valence-corrected chi connectivity index (χ0v) is 18.0. The van der Waals surface area contributed by atoms with Crippen molar-refractivity contribution in [2.45, 2.75) is 44.4 Å². The molecule has 1 aliphatic rings. The van der Waals surface area contributed by atoms with Crippen molar-refractivity contribution in [1.82, 2.24) is 9.97 Å². The molecule has 0 radical (unpaired) electrons. The fraction of sp³-hybridized carbons (Fsp3) is 0.304. The van der Waals surface area contributed by atoms with Gasteiger partial charge in [0.05, 0.1) is 11.0 Å². The highest BCUT2D eigenvalue weighted by molar-refractivity contribution is 5.70. The lowest BCUT2D eigenvalue weighted by Gasteiger charge is -2.23. The maximum absolute atomic E-state index is 13.5. The van der Waals surface area contributed by atoms with Gasteiger partial charge in [0.25, 0.3) is 5.69 Å². The Morgan fingerprint density at radius 2 is 1.71 bits per heavy atom. The van der Waals surface area contributed by atoms with Crippen LogP contribution in [0.2, 0.25) is 0 Å². The van der Waals surface area contributed by atoms with E-state index in [0.717, 1.165) is 25.7 Å². The van der Waals surface area contributed by atoms with E-state index in [2.05, 4.69) is 20.6 Å². The standard InChI is InChI=1S/C23H22F3N5O3/c24-23(25,26)18-14-27-22(30-21(18)29-19-8-4-5-9-20(19)31(32)33)28-15-10-12-17(13-11-15)34-16-6-2-1-3-7-16/h4-5,8-14,16H,1-3,6-7H2,(H2,27,28,29,30). The number of ether oxygens (including phenoxy) is 1. The highest BCUT2D eigenvalue weighted by atomic mass is 19.4. The zero-order chi connectivity index (χ0) is 24.1. The van der Waals surface area contributed by atoms with Gasteiger partial charge in [-0.15, -0.1) is 0 Å². The third-order valence-corrected chi connectivity index (χ3v) is 5.41. The number of aromatic nitrogens is 2. The molecule has 1 saturated carbocycles. The number of nitrogens with zero attached hydrogens (tertiary/aromatic N) is 3. The molecular weight excluding hydrogens is 451 g/mol. The SMILES string of the molecule is O=[N+]([O-])c1ccccc1Nc1nc(Nc2ccc(OC3CCCCC3)cc2)ncc1C(F)(F)F. The molecule has 8 nitrogen and oxygen atoms in total. The van der Waals surface area contributed by atoms with E-state index in [0.29, 0.717) is 17.6 Å². The number of nitro benzene ring substituents is 1. The number of alkyl halides is 3. The van der Waals surface area contributed by atoms with Gasteiger partial charge in [0.2, 0.25) is 5.95 Å². The van der Waals surface area contributed by atoms with Crippen molar-refractivity contribution in [3.8, 4) is 5.75 Å². The number of benzene rings is 2. The molecule has 0 atom stereocenters. The first-order valence-corrected chi connectivity index (χ1v) is 10.8. The quantitative estimate of drug-likeness (QED) is 0.294. The van der Waals surface area contributed by atoms with E-state index in [9.17, 15) is 23.3 Å². The number of halogens is 3. The lowest BCUT2D eigenvalue weighted by atomic mass is 9.98. The Kier molecular flexibility index (Phi) is 6.80. The second-order valence-corrected chi connectivity index (χ2v) is 7.88. The molecule has 0 unspecified atom stereocenters. The summed E-state index contributed by atoms with van der Waals surface area (Å²) in [5, 5.41) is 16.5. The van der Waals surface area contributed by atoms with Crippen molar-refractivity contribution in [2.75, 3.05) is 10.6 Å². The minimum Gasteiger partial charge on any atom is -0.490 e. The summed E-state index contributed by atoms with van der Waals surface area (Å²) in [6, 6.07) is 12.4. The lowest BCUT2D eigenvalue weighted by molar-refractivity contribution is -0.383. The molecule has 11 heteroatoms. The summed E-state index contributed by atoms with van der Waals surface area (Å²) in [5.41, 5.74) is -1.09. The smallest absolute Gasteiger partial charge is 0.421 e. The molecule has 1 aromatic heterocycles. The second-order valence-electron chi connectivity index (χ2n) is 7.88. The highest BCUT2D eigenvalue weighted by Gasteiger charge is 2.36. The average molecular weight is 473 g/mol. The summed E-state index contributed by atoms with van der Waals surface area (Å²) < 4.78 is 46.5. The van der Waals surface area contributed by atoms with E-state index in [-0.39, 0.29) is 23.4 Å². The molecule has 178 valence electrons. The minimum absolute atomic E-state index is 0.102. The van der Waals surface area contributed by atoms with Gasteiger partial charge < -0.3 is 15.4 Å². The summed E-state index contributed by atoms with van der Waals surface area (Å²) in [7, 11) is 0. The van der Waals surface area contributed by atoms with Gasteiger partial charge in [-0.2, -0.15) is 18.2 Å². The molecule has 0 saturated heterocycles. The summed E-state index contributed by atoms with van der Waals surface area (Å²) in [4.78, 5) is 18.3. The number of hydrogen-bond donors (Lipinski definition) is 2. The average Bonchev–Trinajstić information content (AvgIpc) is 2.81. The Morgan fingerprint density at radius 3 is 2.38 bits per heavy atom. The van der Waals surface area contributed by atoms with E-state index in [1.165, 1.54) is 30.7 Å². The Balaban J connectivity index is 1.54. The first kappa shape index (κ1) is 23.3. The van der Waals surface area contributed by atoms with Gasteiger partial charge in [-0.3, -0.25) is 10.1 Å². The fourth-order valence-electron chi connectivity index (χ4n) is 3.73. The Morgan fingerprint density at radius 1 is 1.00 bits per heavy atom. The first-order valence-electron chi connectivity index (χ1n) is 10.8. The van der Waals surface area contributed by atoms with Crippen LogP contribution in [0.25, 0.3) is 0 Å². The van der Waals surface area contributed by atoms with Gasteiger partial charge in [-0.05, 0) is 56.0 Å². The van der Waals surface area contributed by atoms with Crippen LogP contribution in [0.1, 0.15) is 37.7 Å². The van der Waals surface area contributed by atoms with Crippen molar-refractivity contribution in [3.63, 3.8) is 0 Å². The molecule has 34 heavy (non-hydrogen) atoms. The first-order chi connectivity index (χ1) is 16.3. The largest absolute Gasteiger partial charge is 0.490 e. The summed E-state index contributed by atoms with van der Waals surface area (Å²) in [5.74, 6) is 0.0103. The molecule has 3 aromatic rings. The maximum Gasteiger partial charge on any atom is 0.421 e. The highest BCUT2D eigenvalue weighted by Crippen LogP contribution is 2.37. The van der Waals surface area contributed by atoms with Crippen LogP contribution in [0.4, 0.5) is 42.0 Å². The lowest BCUT2D eigenvalue weighted by Crippen LogP contribution is -2.19. The monoisotopic (exact) mass is 473 g/mol. The predicted molar refractivity (Wildman–Crippen MR) is 121 cm³/mol. The third-order valence-electron chi connectivity index (χ3n) is 5.41. The Labute approximate surface area is 193 Å². The van der Waals surface area contributed by atoms with Crippen LogP contribution in [0.15, 0.2) is 54.7 Å². The molecule has 2 N–H and O–H groups in total. The number of nitro groups is 1. The summed E-state index contributed by atoms with van der Waals surface area (Å²) in [6.07, 6.45) is 1.64. The molecule has 2 aromatic carbocycles. The molecular formula is C23H22F3N5O3. The van der Waals surface area contributed by atoms with Crippen molar-refractivity contribution >= 4 is 28.8 Å². The predicted octanol–water partition coefficient (Wildman–Crippen LogP) is 6.60. The third kappa shape index (κ3) is 5.72. The zero-order valence-electron chi connectivity index (χ0n) is 18.0. The molecule has 1 aliphatic carbocycles. The van der Waals surface area contributed by atoms with Crippen LogP contribution < -0.4 is 15.4 Å². The molecule has 0 aliphatic heterocycles. The van der Waals surface area contributed by atoms with Crippen LogP contribution in [0.5, 0.6) is 5.75 Å². The van der Waals surface area contributed by atoms with Crippen LogP contribution in [-0.2, 0) is 6.18 Å². The van der Waals surface area contributed by atoms with Gasteiger partial charge in [-0.25, -0.2) is 4.98 Å². The number of para-hydroxylation sites is 2. The Hall–Kier alpha value is -3.89. The molecule has 1 fully saturated rings. The molecule has 1 heterocycles. The van der Waals surface area contributed by atoms with E-state index in [1.54, 1.807) is 24.3 Å². The normalized spacial score (nSPS) is 14.4. The second kappa shape index (κ2) is 9.94. The summed E-state index contributed by atoms with van der Waals surface area (Å²) in [6.45, 7) is 0. The number of anilines is 4. The van der Waals surface area contributed by atoms with Crippen molar-refractivity contribution in [2.24, 2.45) is 0 Å². The van der Waals surface area contributed by atoms with Crippen LogP contribution >= 0.6 is 0 Å². The van der Waals surface area contributed by atoms with Crippen molar-refractivity contribution in [1.29, 1.82) is 0 Å². The van der Waals surface area contributed by atoms with E-state index in [1.807, 2.05) is 0 Å².